The molecule has 0 bridgehead atoms. The molecule has 2 aromatic heterocycles. The number of halogens is 1. The molecule has 57 heavy (non-hydrogen) atoms. The van der Waals surface area contributed by atoms with Gasteiger partial charge in [0, 0.05) is 95.1 Å². The van der Waals surface area contributed by atoms with Crippen LogP contribution in [0, 0.1) is 17.2 Å². The van der Waals surface area contributed by atoms with Crippen LogP contribution in [0.15, 0.2) is 48.7 Å². The Labute approximate surface area is 337 Å². The number of methoxy groups -OCH3 is 1. The van der Waals surface area contributed by atoms with Crippen LogP contribution in [0.3, 0.4) is 0 Å². The number of nitriles is 1. The molecule has 2 atom stereocenters. The van der Waals surface area contributed by atoms with Crippen LogP contribution in [0.2, 0.25) is 5.02 Å². The second-order valence-corrected chi connectivity index (χ2v) is 16.6. The van der Waals surface area contributed by atoms with Gasteiger partial charge in [-0.15, -0.1) is 0 Å². The first-order chi connectivity index (χ1) is 27.8. The number of amides is 3. The normalized spacial score (nSPS) is 22.2. The zero-order valence-electron chi connectivity index (χ0n) is 32.3. The highest BCUT2D eigenvalue weighted by Crippen LogP contribution is 2.39. The number of aromatic amines is 1. The fourth-order valence-corrected chi connectivity index (χ4v) is 9.98. The number of hydrogen-bond donors (Lipinski definition) is 2. The molecule has 7 heterocycles. The highest BCUT2D eigenvalue weighted by molar-refractivity contribution is 6.36. The van der Waals surface area contributed by atoms with Crippen LogP contribution in [-0.4, -0.2) is 110 Å². The quantitative estimate of drug-likeness (QED) is 0.227. The number of imide groups is 1. The molecule has 1 unspecified atom stereocenters. The van der Waals surface area contributed by atoms with Crippen LogP contribution in [0.4, 0.5) is 17.2 Å². The van der Waals surface area contributed by atoms with E-state index in [9.17, 15) is 19.6 Å². The minimum Gasteiger partial charge on any atom is -0.480 e. The zero-order chi connectivity index (χ0) is 39.2. The van der Waals surface area contributed by atoms with Crippen molar-refractivity contribution >= 4 is 57.4 Å². The fraction of sp³-hybridized carbons (Fsp3) is 0.465. The van der Waals surface area contributed by atoms with E-state index in [4.69, 9.17) is 21.3 Å². The third kappa shape index (κ3) is 7.14. The van der Waals surface area contributed by atoms with Gasteiger partial charge in [0.05, 0.1) is 28.9 Å². The highest BCUT2D eigenvalue weighted by atomic mass is 35.5. The van der Waals surface area contributed by atoms with Crippen molar-refractivity contribution in [2.45, 2.75) is 57.0 Å². The van der Waals surface area contributed by atoms with Gasteiger partial charge in [-0.2, -0.15) is 10.2 Å². The molecule has 4 saturated heterocycles. The summed E-state index contributed by atoms with van der Waals surface area (Å²) in [6.45, 7) is 8.97. The van der Waals surface area contributed by atoms with Gasteiger partial charge in [-0.25, -0.2) is 0 Å². The molecule has 2 N–H and O–H groups in total. The van der Waals surface area contributed by atoms with Crippen LogP contribution >= 0.6 is 11.6 Å². The van der Waals surface area contributed by atoms with E-state index in [0.717, 1.165) is 99.7 Å². The summed E-state index contributed by atoms with van der Waals surface area (Å²) in [5, 5.41) is 13.4. The third-order valence-corrected chi connectivity index (χ3v) is 13.2. The van der Waals surface area contributed by atoms with Crippen molar-refractivity contribution in [3.8, 4) is 11.9 Å². The van der Waals surface area contributed by atoms with Crippen LogP contribution in [0.5, 0.6) is 5.88 Å². The number of piperazine rings is 1. The number of carbonyl (C=O) groups is 3. The van der Waals surface area contributed by atoms with Gasteiger partial charge in [0.15, 0.2) is 0 Å². The Kier molecular flexibility index (Phi) is 10.2. The maximum Gasteiger partial charge on any atom is 0.260 e. The summed E-state index contributed by atoms with van der Waals surface area (Å²) < 4.78 is 5.60. The summed E-state index contributed by atoms with van der Waals surface area (Å²) in [6, 6.07) is 16.8. The van der Waals surface area contributed by atoms with Crippen LogP contribution in [0.25, 0.3) is 10.9 Å². The Bertz CT molecular complexity index is 2240. The number of fused-ring (bicyclic) bond motifs is 2. The van der Waals surface area contributed by atoms with E-state index in [2.05, 4.69) is 66.3 Å². The molecule has 2 aromatic carbocycles. The van der Waals surface area contributed by atoms with E-state index >= 15 is 0 Å². The first-order valence-corrected chi connectivity index (χ1v) is 20.6. The number of nitrogens with one attached hydrogen (secondary N) is 2. The lowest BCUT2D eigenvalue weighted by molar-refractivity contribution is -0.136. The van der Waals surface area contributed by atoms with Crippen molar-refractivity contribution in [1.29, 1.82) is 5.26 Å². The molecule has 4 aromatic rings. The van der Waals surface area contributed by atoms with E-state index in [1.54, 1.807) is 11.1 Å². The average molecular weight is 790 g/mol. The van der Waals surface area contributed by atoms with E-state index < -0.39 is 11.9 Å². The molecule has 296 valence electrons. The number of H-pyrrole nitrogens is 1. The molecule has 14 heteroatoms. The Morgan fingerprint density at radius 2 is 1.72 bits per heavy atom. The summed E-state index contributed by atoms with van der Waals surface area (Å²) >= 11 is 6.50. The Morgan fingerprint density at radius 3 is 2.46 bits per heavy atom. The molecule has 3 amide bonds. The number of aromatic nitrogens is 2. The molecular formula is C43H48ClN9O4. The zero-order valence-corrected chi connectivity index (χ0v) is 33.1. The minimum atomic E-state index is -0.675. The third-order valence-electron chi connectivity index (χ3n) is 12.9. The summed E-state index contributed by atoms with van der Waals surface area (Å²) in [6.07, 6.45) is 6.90. The molecule has 5 aliphatic heterocycles. The summed E-state index contributed by atoms with van der Waals surface area (Å²) in [5.41, 5.74) is 6.53. The molecule has 4 fully saturated rings. The molecule has 9 rings (SSSR count). The van der Waals surface area contributed by atoms with Gasteiger partial charge in [0.25, 0.3) is 5.91 Å². The largest absolute Gasteiger partial charge is 0.480 e. The number of pyridine rings is 1. The topological polar surface area (TPSA) is 141 Å². The van der Waals surface area contributed by atoms with Gasteiger partial charge in [-0.05, 0) is 79.5 Å². The lowest BCUT2D eigenvalue weighted by Crippen LogP contribution is -2.52. The number of anilines is 3. The van der Waals surface area contributed by atoms with Crippen LogP contribution in [-0.2, 0) is 16.1 Å². The summed E-state index contributed by atoms with van der Waals surface area (Å²) in [4.78, 5) is 57.1. The number of carbonyl (C=O) groups excluding carboxylic acids is 3. The van der Waals surface area contributed by atoms with Gasteiger partial charge >= 0.3 is 0 Å². The second-order valence-electron chi connectivity index (χ2n) is 16.1. The molecule has 13 nitrogen and oxygen atoms in total. The Morgan fingerprint density at radius 1 is 0.930 bits per heavy atom. The van der Waals surface area contributed by atoms with Gasteiger partial charge in [-0.3, -0.25) is 24.6 Å². The predicted molar refractivity (Wildman–Crippen MR) is 219 cm³/mol. The lowest BCUT2D eigenvalue weighted by Gasteiger charge is -2.40. The lowest BCUT2D eigenvalue weighted by atomic mass is 9.89. The van der Waals surface area contributed by atoms with Crippen LogP contribution in [0.1, 0.15) is 71.5 Å². The maximum atomic E-state index is 13.4. The summed E-state index contributed by atoms with van der Waals surface area (Å²) in [7, 11) is 1.52. The number of ether oxygens (including phenoxy) is 1. The molecule has 0 radical (unpaired) electrons. The highest BCUT2D eigenvalue weighted by Gasteiger charge is 2.41. The molecule has 0 spiro atoms. The predicted octanol–water partition coefficient (Wildman–Crippen LogP) is 5.28. The number of rotatable bonds is 8. The van der Waals surface area contributed by atoms with Crippen molar-refractivity contribution in [3.05, 3.63) is 75.9 Å². The Hall–Kier alpha value is -5.32. The minimum absolute atomic E-state index is 0.216. The van der Waals surface area contributed by atoms with Crippen molar-refractivity contribution in [3.63, 3.8) is 0 Å². The van der Waals surface area contributed by atoms with Gasteiger partial charge < -0.3 is 29.3 Å². The molecule has 0 saturated carbocycles. The molecule has 5 aliphatic rings. The number of benzene rings is 2. The first-order valence-electron chi connectivity index (χ1n) is 20.3. The van der Waals surface area contributed by atoms with Crippen molar-refractivity contribution in [1.82, 2.24) is 25.1 Å². The first kappa shape index (κ1) is 37.3. The van der Waals surface area contributed by atoms with E-state index in [1.807, 2.05) is 12.1 Å². The smallest absolute Gasteiger partial charge is 0.260 e. The number of hydrogen-bond acceptors (Lipinski definition) is 10. The Balaban J connectivity index is 0.760. The van der Waals surface area contributed by atoms with Gasteiger partial charge in [0.2, 0.25) is 17.7 Å². The molecular weight excluding hydrogens is 742 g/mol. The van der Waals surface area contributed by atoms with Crippen molar-refractivity contribution in [2.75, 3.05) is 80.7 Å². The van der Waals surface area contributed by atoms with E-state index in [-0.39, 0.29) is 24.1 Å². The van der Waals surface area contributed by atoms with Gasteiger partial charge in [0.1, 0.15) is 23.5 Å². The standard InChI is InChI=1S/C43H48ClN9O4/c1-57-42-39-30(26-53(43(39)56)35-10-11-37(54)48-41(35)55)21-36(47-42)51-19-17-49(18-20-51)24-27-12-15-50(16-13-27)32-6-4-28(5-7-32)29-3-2-14-52(25-29)34-9-8-33(44)38-31(22-45)23-46-40(34)38/h4-9,21,23,27,29,35,46H,2-3,10-20,24-26H2,1H3,(H,48,54,55)/t29-,35?/m0/s1. The fourth-order valence-electron chi connectivity index (χ4n) is 9.72. The summed E-state index contributed by atoms with van der Waals surface area (Å²) in [5.74, 6) is 1.17. The molecule has 0 aliphatic carbocycles. The average Bonchev–Trinajstić information content (AvgIpc) is 3.83. The number of nitrogens with zero attached hydrogens (tertiary/aromatic N) is 7. The van der Waals surface area contributed by atoms with Gasteiger partial charge in [-0.1, -0.05) is 23.7 Å². The second kappa shape index (κ2) is 15.6. The van der Waals surface area contributed by atoms with Crippen LogP contribution < -0.4 is 24.8 Å². The SMILES string of the molecule is COc1nc(N2CCN(CC3CCN(c4ccc([C@H]5CCCN(c6ccc(Cl)c7c(C#N)c[nH]c67)C5)cc4)CC3)CC2)cc2c1C(=O)N(C1CCC(=O)NC1=O)C2. The van der Waals surface area contributed by atoms with Crippen molar-refractivity contribution < 1.29 is 19.1 Å². The number of piperidine rings is 3. The van der Waals surface area contributed by atoms with E-state index in [0.29, 0.717) is 41.0 Å². The van der Waals surface area contributed by atoms with Crippen molar-refractivity contribution in [2.24, 2.45) is 5.92 Å². The monoisotopic (exact) mass is 789 g/mol. The van der Waals surface area contributed by atoms with E-state index in [1.165, 1.54) is 31.2 Å². The maximum absolute atomic E-state index is 13.4.